The van der Waals surface area contributed by atoms with Crippen molar-refractivity contribution in [2.75, 3.05) is 13.2 Å². The van der Waals surface area contributed by atoms with E-state index in [2.05, 4.69) is 10.5 Å². The molecule has 80 valence electrons. The first-order valence-corrected chi connectivity index (χ1v) is 5.06. The van der Waals surface area contributed by atoms with Crippen molar-refractivity contribution in [3.8, 4) is 0 Å². The third-order valence-electron chi connectivity index (χ3n) is 1.99. The third kappa shape index (κ3) is 4.39. The molecule has 0 unspecified atom stereocenters. The van der Waals surface area contributed by atoms with E-state index in [1.807, 2.05) is 13.0 Å². The highest BCUT2D eigenvalue weighted by Gasteiger charge is 1.98. The number of aliphatic hydroxyl groups excluding tert-OH is 1. The van der Waals surface area contributed by atoms with Crippen LogP contribution in [0.5, 0.6) is 0 Å². The zero-order valence-corrected chi connectivity index (χ0v) is 8.62. The van der Waals surface area contributed by atoms with Gasteiger partial charge in [0, 0.05) is 12.7 Å². The topological polar surface area (TPSA) is 58.3 Å². The van der Waals surface area contributed by atoms with Gasteiger partial charge in [-0.1, -0.05) is 5.16 Å². The number of nitrogens with one attached hydrogen (secondary N) is 1. The van der Waals surface area contributed by atoms with E-state index in [9.17, 15) is 0 Å². The van der Waals surface area contributed by atoms with Gasteiger partial charge in [-0.3, -0.25) is 0 Å². The smallest absolute Gasteiger partial charge is 0.150 e. The zero-order valence-electron chi connectivity index (χ0n) is 8.62. The van der Waals surface area contributed by atoms with E-state index in [1.54, 1.807) is 0 Å². The molecule has 0 aliphatic heterocycles. The van der Waals surface area contributed by atoms with Crippen molar-refractivity contribution in [3.05, 3.63) is 17.5 Å². The molecule has 0 atom stereocenters. The fraction of sp³-hybridized carbons (Fsp3) is 0.700. The van der Waals surface area contributed by atoms with E-state index in [-0.39, 0.29) is 0 Å². The Morgan fingerprint density at radius 3 is 2.93 bits per heavy atom. The summed E-state index contributed by atoms with van der Waals surface area (Å²) in [6.45, 7) is 3.90. The average Bonchev–Trinajstić information content (AvgIpc) is 2.58. The largest absolute Gasteiger partial charge is 0.396 e. The van der Waals surface area contributed by atoms with Gasteiger partial charge in [0.1, 0.15) is 0 Å². The second-order valence-electron chi connectivity index (χ2n) is 3.40. The number of hydrogen-bond donors (Lipinski definition) is 2. The van der Waals surface area contributed by atoms with Crippen molar-refractivity contribution in [2.24, 2.45) is 0 Å². The van der Waals surface area contributed by atoms with E-state index in [4.69, 9.17) is 9.63 Å². The summed E-state index contributed by atoms with van der Waals surface area (Å²) in [5.74, 6) is 0.879. The van der Waals surface area contributed by atoms with Crippen LogP contribution >= 0.6 is 0 Å². The van der Waals surface area contributed by atoms with Crippen LogP contribution in [0.4, 0.5) is 0 Å². The summed E-state index contributed by atoms with van der Waals surface area (Å²) >= 11 is 0. The van der Waals surface area contributed by atoms with Gasteiger partial charge >= 0.3 is 0 Å². The van der Waals surface area contributed by atoms with Gasteiger partial charge in [-0.2, -0.15) is 0 Å². The van der Waals surface area contributed by atoms with Crippen LogP contribution in [-0.4, -0.2) is 23.4 Å². The monoisotopic (exact) mass is 198 g/mol. The minimum absolute atomic E-state index is 0.293. The van der Waals surface area contributed by atoms with Crippen molar-refractivity contribution in [1.29, 1.82) is 0 Å². The molecule has 0 saturated carbocycles. The Kier molecular flexibility index (Phi) is 5.25. The molecular weight excluding hydrogens is 180 g/mol. The number of aliphatic hydroxyl groups is 1. The summed E-state index contributed by atoms with van der Waals surface area (Å²) < 4.78 is 5.04. The van der Waals surface area contributed by atoms with Crippen molar-refractivity contribution >= 4 is 0 Å². The first kappa shape index (κ1) is 11.2. The van der Waals surface area contributed by atoms with Crippen LogP contribution in [0.15, 0.2) is 10.6 Å². The van der Waals surface area contributed by atoms with Crippen molar-refractivity contribution in [1.82, 2.24) is 10.5 Å². The number of aryl methyl sites for hydroxylation is 1. The first-order valence-electron chi connectivity index (χ1n) is 5.06. The molecule has 14 heavy (non-hydrogen) atoms. The Hall–Kier alpha value is -0.870. The molecule has 4 heteroatoms. The van der Waals surface area contributed by atoms with Crippen molar-refractivity contribution in [3.63, 3.8) is 0 Å². The van der Waals surface area contributed by atoms with E-state index < -0.39 is 0 Å². The molecular formula is C10H18N2O2. The standard InChI is InChI=1S/C10H18N2O2/c1-9-7-10(14-12-9)8-11-5-3-2-4-6-13/h7,11,13H,2-6,8H2,1H3. The molecule has 1 aromatic heterocycles. The molecule has 2 N–H and O–H groups in total. The van der Waals surface area contributed by atoms with E-state index in [0.717, 1.165) is 43.8 Å². The second kappa shape index (κ2) is 6.56. The first-order chi connectivity index (χ1) is 6.83. The molecule has 0 saturated heterocycles. The lowest BCUT2D eigenvalue weighted by molar-refractivity contribution is 0.282. The molecule has 1 rings (SSSR count). The highest BCUT2D eigenvalue weighted by molar-refractivity contribution is 5.02. The zero-order chi connectivity index (χ0) is 10.2. The predicted molar refractivity (Wildman–Crippen MR) is 53.9 cm³/mol. The number of nitrogens with zero attached hydrogens (tertiary/aromatic N) is 1. The molecule has 0 aliphatic carbocycles. The fourth-order valence-corrected chi connectivity index (χ4v) is 1.25. The maximum Gasteiger partial charge on any atom is 0.150 e. The van der Waals surface area contributed by atoms with Gasteiger partial charge < -0.3 is 14.9 Å². The predicted octanol–water partition coefficient (Wildman–Crippen LogP) is 1.24. The van der Waals surface area contributed by atoms with Crippen LogP contribution in [0, 0.1) is 6.92 Å². The van der Waals surface area contributed by atoms with Gasteiger partial charge in [0.15, 0.2) is 5.76 Å². The van der Waals surface area contributed by atoms with Gasteiger partial charge in [-0.15, -0.1) is 0 Å². The maximum absolute atomic E-state index is 8.56. The van der Waals surface area contributed by atoms with Crippen molar-refractivity contribution in [2.45, 2.75) is 32.7 Å². The summed E-state index contributed by atoms with van der Waals surface area (Å²) in [6, 6.07) is 1.93. The summed E-state index contributed by atoms with van der Waals surface area (Å²) in [5, 5.41) is 15.6. The molecule has 0 spiro atoms. The SMILES string of the molecule is Cc1cc(CNCCCCCO)on1. The highest BCUT2D eigenvalue weighted by Crippen LogP contribution is 2.01. The molecule has 0 amide bonds. The van der Waals surface area contributed by atoms with Crippen molar-refractivity contribution < 1.29 is 9.63 Å². The summed E-state index contributed by atoms with van der Waals surface area (Å²) in [7, 11) is 0. The van der Waals surface area contributed by atoms with Crippen LogP contribution in [0.3, 0.4) is 0 Å². The van der Waals surface area contributed by atoms with Crippen LogP contribution in [-0.2, 0) is 6.54 Å². The number of unbranched alkanes of at least 4 members (excludes halogenated alkanes) is 2. The molecule has 4 nitrogen and oxygen atoms in total. The lowest BCUT2D eigenvalue weighted by atomic mass is 10.2. The Labute approximate surface area is 84.3 Å². The second-order valence-corrected chi connectivity index (χ2v) is 3.40. The van der Waals surface area contributed by atoms with Crippen LogP contribution < -0.4 is 5.32 Å². The number of rotatable bonds is 7. The quantitative estimate of drug-likeness (QED) is 0.647. The molecule has 1 heterocycles. The minimum Gasteiger partial charge on any atom is -0.396 e. The van der Waals surface area contributed by atoms with Gasteiger partial charge in [0.25, 0.3) is 0 Å². The van der Waals surface area contributed by atoms with E-state index in [1.165, 1.54) is 0 Å². The van der Waals surface area contributed by atoms with Crippen LogP contribution in [0.1, 0.15) is 30.7 Å². The van der Waals surface area contributed by atoms with Gasteiger partial charge in [-0.25, -0.2) is 0 Å². The molecule has 0 fully saturated rings. The molecule has 0 aliphatic rings. The van der Waals surface area contributed by atoms with Crippen LogP contribution in [0.25, 0.3) is 0 Å². The summed E-state index contributed by atoms with van der Waals surface area (Å²) in [4.78, 5) is 0. The Bertz CT molecular complexity index is 248. The van der Waals surface area contributed by atoms with Gasteiger partial charge in [0.2, 0.25) is 0 Å². The minimum atomic E-state index is 0.293. The maximum atomic E-state index is 8.56. The summed E-state index contributed by atoms with van der Waals surface area (Å²) in [6.07, 6.45) is 3.05. The lowest BCUT2D eigenvalue weighted by Crippen LogP contribution is -2.14. The number of hydrogen-bond acceptors (Lipinski definition) is 4. The van der Waals surface area contributed by atoms with E-state index in [0.29, 0.717) is 6.61 Å². The molecule has 0 radical (unpaired) electrons. The normalized spacial score (nSPS) is 10.7. The Morgan fingerprint density at radius 1 is 1.43 bits per heavy atom. The van der Waals surface area contributed by atoms with E-state index >= 15 is 0 Å². The van der Waals surface area contributed by atoms with Gasteiger partial charge in [0.05, 0.1) is 12.2 Å². The highest BCUT2D eigenvalue weighted by atomic mass is 16.5. The Balaban J connectivity index is 1.99. The molecule has 0 bridgehead atoms. The average molecular weight is 198 g/mol. The third-order valence-corrected chi connectivity index (χ3v) is 1.99. The Morgan fingerprint density at radius 2 is 2.29 bits per heavy atom. The van der Waals surface area contributed by atoms with Gasteiger partial charge in [-0.05, 0) is 32.7 Å². The van der Waals surface area contributed by atoms with Crippen LogP contribution in [0.2, 0.25) is 0 Å². The molecule has 0 aromatic carbocycles. The lowest BCUT2D eigenvalue weighted by Gasteiger charge is -2.00. The molecule has 1 aromatic rings. The fourth-order valence-electron chi connectivity index (χ4n) is 1.25. The number of aromatic nitrogens is 1. The summed E-state index contributed by atoms with van der Waals surface area (Å²) in [5.41, 5.74) is 0.919.